The van der Waals surface area contributed by atoms with E-state index in [1.54, 1.807) is 19.1 Å². The molecule has 27 heavy (non-hydrogen) atoms. The van der Waals surface area contributed by atoms with E-state index >= 15 is 0 Å². The van der Waals surface area contributed by atoms with Gasteiger partial charge in [0.25, 0.3) is 0 Å². The van der Waals surface area contributed by atoms with Crippen molar-refractivity contribution in [2.45, 2.75) is 13.8 Å². The maximum Gasteiger partial charge on any atom is 0.339 e. The van der Waals surface area contributed by atoms with E-state index in [4.69, 9.17) is 4.74 Å². The second-order valence-corrected chi connectivity index (χ2v) is 6.34. The molecule has 2 aromatic carbocycles. The number of carbonyl (C=O) groups excluding carboxylic acids is 1. The minimum absolute atomic E-state index is 0.312. The third kappa shape index (κ3) is 4.83. The third-order valence-electron chi connectivity index (χ3n) is 4.44. The van der Waals surface area contributed by atoms with Gasteiger partial charge in [-0.05, 0) is 37.6 Å². The number of nitrogens with one attached hydrogen (secondary N) is 2. The zero-order valence-corrected chi connectivity index (χ0v) is 15.5. The monoisotopic (exact) mass is 370 g/mol. The van der Waals surface area contributed by atoms with Gasteiger partial charge >= 0.3 is 6.03 Å². The van der Waals surface area contributed by atoms with Crippen molar-refractivity contribution >= 4 is 23.1 Å². The lowest BCUT2D eigenvalue weighted by atomic mass is 10.1. The maximum absolute atomic E-state index is 14.5. The van der Waals surface area contributed by atoms with Crippen molar-refractivity contribution in [2.75, 3.05) is 36.5 Å². The summed E-state index contributed by atoms with van der Waals surface area (Å²) in [6.45, 7) is 6.16. The van der Waals surface area contributed by atoms with Crippen molar-refractivity contribution in [3.8, 4) is 0 Å². The smallest absolute Gasteiger partial charge is 0.339 e. The largest absolute Gasteiger partial charge is 0.378 e. The number of amides is 2. The van der Waals surface area contributed by atoms with E-state index in [1.165, 1.54) is 6.07 Å². The summed E-state index contributed by atoms with van der Waals surface area (Å²) in [5, 5.41) is 6.79. The number of benzene rings is 2. The molecule has 0 radical (unpaired) electrons. The summed E-state index contributed by atoms with van der Waals surface area (Å²) < 4.78 is 19.8. The van der Waals surface area contributed by atoms with E-state index in [-0.39, 0.29) is 5.82 Å². The highest BCUT2D eigenvalue weighted by Crippen LogP contribution is 2.22. The van der Waals surface area contributed by atoms with E-state index in [2.05, 4.69) is 15.8 Å². The first-order valence-electron chi connectivity index (χ1n) is 8.84. The van der Waals surface area contributed by atoms with E-state index in [0.29, 0.717) is 49.0 Å². The summed E-state index contributed by atoms with van der Waals surface area (Å²) >= 11 is 0. The number of rotatable bonds is 4. The first-order valence-corrected chi connectivity index (χ1v) is 8.84. The third-order valence-corrected chi connectivity index (χ3v) is 4.44. The highest BCUT2D eigenvalue weighted by Gasteiger charge is 2.15. The van der Waals surface area contributed by atoms with Crippen LogP contribution in [0.4, 0.5) is 20.6 Å². The van der Waals surface area contributed by atoms with Crippen molar-refractivity contribution < 1.29 is 13.9 Å². The lowest BCUT2D eigenvalue weighted by Crippen LogP contribution is -2.36. The molecule has 0 atom stereocenters. The predicted molar refractivity (Wildman–Crippen MR) is 105 cm³/mol. The SMILES string of the molecule is C/C(=N\NC(=O)Nc1ccccc1C)c1ccc(N2CCOCC2)c(F)c1. The number of anilines is 2. The van der Waals surface area contributed by atoms with Crippen LogP contribution in [0.15, 0.2) is 47.6 Å². The number of hydrogen-bond donors (Lipinski definition) is 2. The maximum atomic E-state index is 14.5. The highest BCUT2D eigenvalue weighted by molar-refractivity contribution is 6.00. The van der Waals surface area contributed by atoms with Crippen LogP contribution < -0.4 is 15.6 Å². The van der Waals surface area contributed by atoms with Gasteiger partial charge in [-0.15, -0.1) is 0 Å². The van der Waals surface area contributed by atoms with Gasteiger partial charge in [-0.1, -0.05) is 24.3 Å². The molecule has 0 bridgehead atoms. The number of nitrogens with zero attached hydrogens (tertiary/aromatic N) is 2. The molecule has 2 amide bonds. The van der Waals surface area contributed by atoms with Gasteiger partial charge in [0.1, 0.15) is 5.82 Å². The molecule has 0 spiro atoms. The summed E-state index contributed by atoms with van der Waals surface area (Å²) in [7, 11) is 0. The van der Waals surface area contributed by atoms with Gasteiger partial charge in [-0.25, -0.2) is 14.6 Å². The molecule has 0 aromatic heterocycles. The summed E-state index contributed by atoms with van der Waals surface area (Å²) in [4.78, 5) is 14.0. The zero-order valence-electron chi connectivity index (χ0n) is 15.5. The molecule has 142 valence electrons. The first-order chi connectivity index (χ1) is 13.0. The Labute approximate surface area is 158 Å². The fraction of sp³-hybridized carbons (Fsp3) is 0.300. The normalized spacial score (nSPS) is 14.8. The van der Waals surface area contributed by atoms with Gasteiger partial charge in [0, 0.05) is 24.3 Å². The van der Waals surface area contributed by atoms with Crippen LogP contribution in [-0.4, -0.2) is 38.0 Å². The van der Waals surface area contributed by atoms with Crippen LogP contribution >= 0.6 is 0 Å². The Morgan fingerprint density at radius 2 is 1.93 bits per heavy atom. The first kappa shape index (κ1) is 18.8. The summed E-state index contributed by atoms with van der Waals surface area (Å²) in [6, 6.07) is 12.0. The van der Waals surface area contributed by atoms with Crippen molar-refractivity contribution in [3.05, 3.63) is 59.4 Å². The molecule has 0 unspecified atom stereocenters. The van der Waals surface area contributed by atoms with Gasteiger partial charge in [-0.3, -0.25) is 0 Å². The van der Waals surface area contributed by atoms with Crippen LogP contribution in [0.25, 0.3) is 0 Å². The fourth-order valence-corrected chi connectivity index (χ4v) is 2.86. The number of ether oxygens (including phenoxy) is 1. The van der Waals surface area contributed by atoms with E-state index < -0.39 is 6.03 Å². The van der Waals surface area contributed by atoms with E-state index in [9.17, 15) is 9.18 Å². The van der Waals surface area contributed by atoms with Gasteiger partial charge in [-0.2, -0.15) is 5.10 Å². The average molecular weight is 370 g/mol. The minimum Gasteiger partial charge on any atom is -0.378 e. The number of carbonyl (C=O) groups is 1. The Morgan fingerprint density at radius 1 is 1.19 bits per heavy atom. The second-order valence-electron chi connectivity index (χ2n) is 6.34. The Morgan fingerprint density at radius 3 is 2.63 bits per heavy atom. The zero-order chi connectivity index (χ0) is 19.2. The van der Waals surface area contributed by atoms with Crippen molar-refractivity contribution in [1.29, 1.82) is 0 Å². The van der Waals surface area contributed by atoms with Crippen molar-refractivity contribution in [2.24, 2.45) is 5.10 Å². The van der Waals surface area contributed by atoms with E-state index in [1.807, 2.05) is 36.1 Å². The lowest BCUT2D eigenvalue weighted by Gasteiger charge is -2.29. The molecule has 1 saturated heterocycles. The molecular formula is C20H23FN4O2. The number of urea groups is 1. The summed E-state index contributed by atoms with van der Waals surface area (Å²) in [5.41, 5.74) is 5.79. The van der Waals surface area contributed by atoms with Crippen LogP contribution in [-0.2, 0) is 4.74 Å². The second kappa shape index (κ2) is 8.64. The Kier molecular flexibility index (Phi) is 6.03. The number of aryl methyl sites for hydroxylation is 1. The number of morpholine rings is 1. The number of hydrazone groups is 1. The van der Waals surface area contributed by atoms with Crippen LogP contribution in [0.5, 0.6) is 0 Å². The molecule has 7 heteroatoms. The quantitative estimate of drug-likeness (QED) is 0.639. The molecule has 6 nitrogen and oxygen atoms in total. The van der Waals surface area contributed by atoms with E-state index in [0.717, 1.165) is 5.56 Å². The minimum atomic E-state index is -0.450. The molecule has 1 aliphatic rings. The molecule has 2 aromatic rings. The molecule has 1 heterocycles. The molecule has 1 fully saturated rings. The number of halogens is 1. The molecule has 2 N–H and O–H groups in total. The summed E-state index contributed by atoms with van der Waals surface area (Å²) in [5.74, 6) is -0.312. The van der Waals surface area contributed by atoms with Gasteiger partial charge < -0.3 is 15.0 Å². The molecule has 1 aliphatic heterocycles. The lowest BCUT2D eigenvalue weighted by molar-refractivity contribution is 0.122. The fourth-order valence-electron chi connectivity index (χ4n) is 2.86. The van der Waals surface area contributed by atoms with Gasteiger partial charge in [0.2, 0.25) is 0 Å². The van der Waals surface area contributed by atoms with Gasteiger partial charge in [0.05, 0.1) is 24.6 Å². The average Bonchev–Trinajstić information content (AvgIpc) is 2.68. The molecule has 0 aliphatic carbocycles. The predicted octanol–water partition coefficient (Wildman–Crippen LogP) is 3.52. The van der Waals surface area contributed by atoms with Crippen LogP contribution in [0.3, 0.4) is 0 Å². The van der Waals surface area contributed by atoms with Gasteiger partial charge in [0.15, 0.2) is 0 Å². The van der Waals surface area contributed by atoms with Crippen LogP contribution in [0.2, 0.25) is 0 Å². The molecule has 0 saturated carbocycles. The Hall–Kier alpha value is -2.93. The number of para-hydroxylation sites is 1. The molecule has 3 rings (SSSR count). The Bertz CT molecular complexity index is 848. The Balaban J connectivity index is 1.64. The van der Waals surface area contributed by atoms with Crippen molar-refractivity contribution in [1.82, 2.24) is 5.43 Å². The standard InChI is InChI=1S/C20H23FN4O2/c1-14-5-3-4-6-18(14)22-20(26)24-23-15(2)16-7-8-19(17(21)13-16)25-9-11-27-12-10-25/h3-8,13H,9-12H2,1-2H3,(H2,22,24,26)/b23-15+. The number of hydrogen-bond acceptors (Lipinski definition) is 4. The molecular weight excluding hydrogens is 347 g/mol. The highest BCUT2D eigenvalue weighted by atomic mass is 19.1. The topological polar surface area (TPSA) is 66.0 Å². The van der Waals surface area contributed by atoms with Crippen LogP contribution in [0.1, 0.15) is 18.1 Å². The van der Waals surface area contributed by atoms with Crippen LogP contribution in [0, 0.1) is 12.7 Å². The summed E-state index contributed by atoms with van der Waals surface area (Å²) in [6.07, 6.45) is 0. The van der Waals surface area contributed by atoms with Crippen molar-refractivity contribution in [3.63, 3.8) is 0 Å².